The van der Waals surface area contributed by atoms with Crippen LogP contribution in [0.1, 0.15) is 53.3 Å². The van der Waals surface area contributed by atoms with Crippen molar-refractivity contribution in [3.8, 4) is 17.4 Å². The zero-order valence-electron chi connectivity index (χ0n) is 24.2. The molecule has 2 aromatic carbocycles. The Morgan fingerprint density at radius 1 is 0.762 bits per heavy atom. The second-order valence-electron chi connectivity index (χ2n) is 9.89. The zero-order chi connectivity index (χ0) is 30.3. The first-order valence-corrected chi connectivity index (χ1v) is 13.4. The lowest BCUT2D eigenvalue weighted by Crippen LogP contribution is -2.14. The van der Waals surface area contributed by atoms with Crippen LogP contribution in [-0.4, -0.2) is 36.3 Å². The lowest BCUT2D eigenvalue weighted by atomic mass is 9.96. The summed E-state index contributed by atoms with van der Waals surface area (Å²) in [6, 6.07) is 16.3. The predicted molar refractivity (Wildman–Crippen MR) is 155 cm³/mol. The highest BCUT2D eigenvalue weighted by atomic mass is 19.4. The summed E-state index contributed by atoms with van der Waals surface area (Å²) < 4.78 is 57.1. The van der Waals surface area contributed by atoms with E-state index >= 15 is 0 Å². The molecule has 8 nitrogen and oxygen atoms in total. The number of hydrogen-bond acceptors (Lipinski definition) is 8. The molecule has 4 aromatic rings. The van der Waals surface area contributed by atoms with E-state index in [0.29, 0.717) is 41.7 Å². The van der Waals surface area contributed by atoms with E-state index in [1.54, 1.807) is 20.4 Å². The number of benzene rings is 2. The van der Waals surface area contributed by atoms with E-state index in [2.05, 4.69) is 20.6 Å². The maximum absolute atomic E-state index is 13.9. The molecule has 0 bridgehead atoms. The maximum atomic E-state index is 13.9. The summed E-state index contributed by atoms with van der Waals surface area (Å²) in [5, 5.41) is 6.56. The lowest BCUT2D eigenvalue weighted by molar-refractivity contribution is -0.139. The van der Waals surface area contributed by atoms with Crippen molar-refractivity contribution in [2.75, 3.05) is 32.0 Å². The molecule has 2 heterocycles. The molecule has 0 spiro atoms. The van der Waals surface area contributed by atoms with Gasteiger partial charge in [-0.25, -0.2) is 9.97 Å². The zero-order valence-corrected chi connectivity index (χ0v) is 24.2. The number of ether oxygens (including phenoxy) is 3. The molecule has 4 rings (SSSR count). The second kappa shape index (κ2) is 13.4. The third kappa shape index (κ3) is 7.59. The monoisotopic (exact) mass is 581 g/mol. The fourth-order valence-electron chi connectivity index (χ4n) is 4.38. The van der Waals surface area contributed by atoms with E-state index < -0.39 is 17.6 Å². The van der Waals surface area contributed by atoms with E-state index in [1.165, 1.54) is 7.11 Å². The molecule has 0 saturated heterocycles. The fraction of sp³-hybridized carbons (Fsp3) is 0.323. The van der Waals surface area contributed by atoms with Gasteiger partial charge in [-0.15, -0.1) is 0 Å². The van der Waals surface area contributed by atoms with Gasteiger partial charge in [-0.1, -0.05) is 38.1 Å². The van der Waals surface area contributed by atoms with Gasteiger partial charge in [0.25, 0.3) is 0 Å². The Labute approximate surface area is 243 Å². The van der Waals surface area contributed by atoms with Gasteiger partial charge in [-0.3, -0.25) is 0 Å². The average molecular weight is 582 g/mol. The van der Waals surface area contributed by atoms with Gasteiger partial charge >= 0.3 is 6.18 Å². The molecule has 0 fully saturated rings. The minimum Gasteiger partial charge on any atom is -0.497 e. The van der Waals surface area contributed by atoms with E-state index in [-0.39, 0.29) is 12.3 Å². The van der Waals surface area contributed by atoms with Crippen LogP contribution in [0.5, 0.6) is 17.4 Å². The molecule has 0 radical (unpaired) electrons. The average Bonchev–Trinajstić information content (AvgIpc) is 2.99. The Balaban J connectivity index is 1.66. The van der Waals surface area contributed by atoms with Gasteiger partial charge in [-0.05, 0) is 52.9 Å². The summed E-state index contributed by atoms with van der Waals surface area (Å²) in [7, 11) is 4.40. The summed E-state index contributed by atoms with van der Waals surface area (Å²) in [4.78, 5) is 13.4. The number of nitrogens with one attached hydrogen (secondary N) is 2. The molecule has 0 aliphatic heterocycles. The number of anilines is 2. The molecule has 0 amide bonds. The number of pyridine rings is 1. The second-order valence-corrected chi connectivity index (χ2v) is 9.89. The van der Waals surface area contributed by atoms with Gasteiger partial charge < -0.3 is 24.8 Å². The van der Waals surface area contributed by atoms with Crippen molar-refractivity contribution in [2.24, 2.45) is 0 Å². The lowest BCUT2D eigenvalue weighted by Gasteiger charge is -2.19. The highest BCUT2D eigenvalue weighted by Gasteiger charge is 2.36. The minimum atomic E-state index is -4.62. The number of hydrogen-bond donors (Lipinski definition) is 2. The normalized spacial score (nSPS) is 11.4. The summed E-state index contributed by atoms with van der Waals surface area (Å²) in [6.07, 6.45) is -2.86. The van der Waals surface area contributed by atoms with Gasteiger partial charge in [0.15, 0.2) is 0 Å². The number of nitrogens with zero attached hydrogens (tertiary/aromatic N) is 3. The maximum Gasteiger partial charge on any atom is 0.421 e. The molecule has 0 aliphatic carbocycles. The molecule has 11 heteroatoms. The van der Waals surface area contributed by atoms with E-state index in [4.69, 9.17) is 19.2 Å². The topological polar surface area (TPSA) is 90.4 Å². The summed E-state index contributed by atoms with van der Waals surface area (Å²) in [6.45, 7) is 4.65. The van der Waals surface area contributed by atoms with Gasteiger partial charge in [0.05, 0.1) is 27.0 Å². The van der Waals surface area contributed by atoms with Crippen LogP contribution >= 0.6 is 0 Å². The molecular weight excluding hydrogens is 547 g/mol. The highest BCUT2D eigenvalue weighted by Crippen LogP contribution is 2.38. The van der Waals surface area contributed by atoms with Crippen molar-refractivity contribution in [3.63, 3.8) is 0 Å². The highest BCUT2D eigenvalue weighted by molar-refractivity contribution is 5.51. The minimum absolute atomic E-state index is 0.136. The largest absolute Gasteiger partial charge is 0.497 e. The first kappa shape index (κ1) is 30.4. The van der Waals surface area contributed by atoms with Crippen LogP contribution in [0.15, 0.2) is 60.8 Å². The van der Waals surface area contributed by atoms with Crippen molar-refractivity contribution < 1.29 is 27.4 Å². The molecule has 0 atom stereocenters. The van der Waals surface area contributed by atoms with Crippen LogP contribution < -0.4 is 24.8 Å². The first-order valence-electron chi connectivity index (χ1n) is 13.4. The molecule has 0 saturated carbocycles. The SMILES string of the molecule is COc1ccc(CNc2ncc(Cc3cc(C(F)(F)F)c(OC)nc3C(C)C)c(NCc3ccc(OC)cc3)n2)cc1. The van der Waals surface area contributed by atoms with Gasteiger partial charge in [-0.2, -0.15) is 18.2 Å². The van der Waals surface area contributed by atoms with Crippen LogP contribution in [0.25, 0.3) is 0 Å². The Hall–Kier alpha value is -4.54. The van der Waals surface area contributed by atoms with Crippen molar-refractivity contribution in [3.05, 3.63) is 94.3 Å². The van der Waals surface area contributed by atoms with Gasteiger partial charge in [0.2, 0.25) is 11.8 Å². The summed E-state index contributed by atoms with van der Waals surface area (Å²) in [5.41, 5.74) is 2.62. The smallest absolute Gasteiger partial charge is 0.421 e. The Morgan fingerprint density at radius 3 is 1.83 bits per heavy atom. The van der Waals surface area contributed by atoms with Crippen LogP contribution in [0, 0.1) is 0 Å². The third-order valence-electron chi connectivity index (χ3n) is 6.62. The Kier molecular flexibility index (Phi) is 9.72. The number of alkyl halides is 3. The molecule has 2 aromatic heterocycles. The standard InChI is InChI=1S/C31H34F3N5O3/c1-19(2)27-22(15-26(31(32,33)34)29(38-27)42-5)14-23-18-37-30(36-17-21-8-12-25(41-4)13-9-21)39-28(23)35-16-20-6-10-24(40-3)11-7-20/h6-13,15,18-19H,14,16-17H2,1-5H3,(H2,35,36,37,39). The molecule has 42 heavy (non-hydrogen) atoms. The number of aromatic nitrogens is 3. The molecular formula is C31H34F3N5O3. The number of halogens is 3. The molecule has 0 aliphatic rings. The van der Waals surface area contributed by atoms with Crippen molar-refractivity contribution in [2.45, 2.75) is 45.5 Å². The molecule has 2 N–H and O–H groups in total. The van der Waals surface area contributed by atoms with Crippen LogP contribution in [0.3, 0.4) is 0 Å². The summed E-state index contributed by atoms with van der Waals surface area (Å²) in [5.74, 6) is 1.78. The van der Waals surface area contributed by atoms with Crippen molar-refractivity contribution >= 4 is 11.8 Å². The van der Waals surface area contributed by atoms with Crippen molar-refractivity contribution in [1.82, 2.24) is 15.0 Å². The van der Waals surface area contributed by atoms with Crippen LogP contribution in [-0.2, 0) is 25.7 Å². The van der Waals surface area contributed by atoms with Crippen molar-refractivity contribution in [1.29, 1.82) is 0 Å². The van der Waals surface area contributed by atoms with E-state index in [1.807, 2.05) is 62.4 Å². The first-order chi connectivity index (χ1) is 20.1. The predicted octanol–water partition coefficient (Wildman–Crippen LogP) is 6.85. The van der Waals surface area contributed by atoms with E-state index in [9.17, 15) is 13.2 Å². The molecule has 222 valence electrons. The Morgan fingerprint density at radius 2 is 1.33 bits per heavy atom. The number of rotatable bonds is 12. The summed E-state index contributed by atoms with van der Waals surface area (Å²) >= 11 is 0. The van der Waals surface area contributed by atoms with Gasteiger partial charge in [0.1, 0.15) is 22.9 Å². The van der Waals surface area contributed by atoms with Crippen LogP contribution in [0.4, 0.5) is 24.9 Å². The van der Waals surface area contributed by atoms with E-state index in [0.717, 1.165) is 28.7 Å². The Bertz CT molecular complexity index is 1480. The molecule has 0 unspecified atom stereocenters. The third-order valence-corrected chi connectivity index (χ3v) is 6.62. The fourth-order valence-corrected chi connectivity index (χ4v) is 4.38. The van der Waals surface area contributed by atoms with Gasteiger partial charge in [0, 0.05) is 31.3 Å². The number of methoxy groups -OCH3 is 3. The van der Waals surface area contributed by atoms with Crippen LogP contribution in [0.2, 0.25) is 0 Å². The quantitative estimate of drug-likeness (QED) is 0.188.